The highest BCUT2D eigenvalue weighted by molar-refractivity contribution is 7.14. The van der Waals surface area contributed by atoms with E-state index >= 15 is 4.39 Å². The molecule has 0 spiro atoms. The summed E-state index contributed by atoms with van der Waals surface area (Å²) in [5.41, 5.74) is -0.149. The summed E-state index contributed by atoms with van der Waals surface area (Å²) in [6, 6.07) is 6.63. The number of aliphatic carboxylic acids is 1. The Bertz CT molecular complexity index is 1320. The van der Waals surface area contributed by atoms with E-state index in [1.165, 1.54) is 6.92 Å². The Hall–Kier alpha value is -3.50. The molecule has 10 heteroatoms. The number of carbonyl (C=O) groups excluding carboxylic acids is 1. The molecule has 2 N–H and O–H groups in total. The van der Waals surface area contributed by atoms with E-state index in [1.54, 1.807) is 23.6 Å². The van der Waals surface area contributed by atoms with Crippen molar-refractivity contribution in [3.05, 3.63) is 75.4 Å². The molecular formula is C28H29F3N2O4S. The van der Waals surface area contributed by atoms with Crippen molar-refractivity contribution < 1.29 is 32.6 Å². The molecule has 2 aromatic carbocycles. The first-order valence-electron chi connectivity index (χ1n) is 12.2. The zero-order chi connectivity index (χ0) is 27.8. The molecule has 0 saturated heterocycles. The summed E-state index contributed by atoms with van der Waals surface area (Å²) in [5, 5.41) is 13.1. The number of ether oxygens (including phenoxy) is 1. The van der Waals surface area contributed by atoms with E-state index in [9.17, 15) is 18.4 Å². The monoisotopic (exact) mass is 546 g/mol. The number of hydrogen-bond acceptors (Lipinski definition) is 5. The summed E-state index contributed by atoms with van der Waals surface area (Å²) >= 11 is 1.04. The van der Waals surface area contributed by atoms with Gasteiger partial charge in [0.05, 0.1) is 11.8 Å². The van der Waals surface area contributed by atoms with E-state index in [1.807, 2.05) is 6.92 Å². The summed E-state index contributed by atoms with van der Waals surface area (Å²) in [6.07, 6.45) is 3.81. The van der Waals surface area contributed by atoms with Gasteiger partial charge in [-0.25, -0.2) is 22.9 Å². The Balaban J connectivity index is 1.81. The number of carboxylic acid groups (broad SMARTS) is 1. The standard InChI is InChI=1S/C28H29F3N2O4S/c1-4-6-11-37-24(8-5-2)19-10-7-9-18(25(19)31)23-15-38-28(32-23)33-26(34)17-13-21(29)20(22(30)14-17)12-16(3)27(35)36/h7,9-10,12-15,24H,4-6,8,11H2,1-3H3,(H,35,36)(H,32,33,34)/b16-12+. The summed E-state index contributed by atoms with van der Waals surface area (Å²) in [5.74, 6) is -4.77. The second-order valence-corrected chi connectivity index (χ2v) is 9.55. The number of halogens is 3. The Kier molecular flexibility index (Phi) is 10.2. The number of anilines is 1. The third-order valence-electron chi connectivity index (χ3n) is 5.78. The van der Waals surface area contributed by atoms with Gasteiger partial charge in [-0.05, 0) is 44.0 Å². The summed E-state index contributed by atoms with van der Waals surface area (Å²) < 4.78 is 50.3. The molecule has 0 aliphatic rings. The minimum atomic E-state index is -1.32. The SMILES string of the molecule is CCCCOC(CCC)c1cccc(-c2csc(NC(=O)c3cc(F)c(/C=C(\C)C(=O)O)c(F)c3)n2)c1F. The molecule has 0 bridgehead atoms. The molecule has 1 atom stereocenters. The molecule has 1 unspecified atom stereocenters. The molecule has 1 amide bonds. The minimum absolute atomic E-state index is 0.116. The van der Waals surface area contributed by atoms with Crippen LogP contribution >= 0.6 is 11.3 Å². The largest absolute Gasteiger partial charge is 0.478 e. The van der Waals surface area contributed by atoms with Crippen molar-refractivity contribution in [1.29, 1.82) is 0 Å². The third-order valence-corrected chi connectivity index (χ3v) is 6.54. The van der Waals surface area contributed by atoms with Crippen LogP contribution in [0.15, 0.2) is 41.3 Å². The first-order valence-corrected chi connectivity index (χ1v) is 13.1. The van der Waals surface area contributed by atoms with Gasteiger partial charge in [-0.15, -0.1) is 11.3 Å². The minimum Gasteiger partial charge on any atom is -0.478 e. The molecule has 1 heterocycles. The molecule has 202 valence electrons. The fourth-order valence-electron chi connectivity index (χ4n) is 3.71. The number of carbonyl (C=O) groups is 2. The van der Waals surface area contributed by atoms with E-state index in [-0.39, 0.29) is 27.9 Å². The van der Waals surface area contributed by atoms with Gasteiger partial charge in [0, 0.05) is 39.8 Å². The van der Waals surface area contributed by atoms with Crippen LogP contribution in [0, 0.1) is 17.5 Å². The van der Waals surface area contributed by atoms with Gasteiger partial charge in [0.2, 0.25) is 0 Å². The van der Waals surface area contributed by atoms with Crippen LogP contribution in [-0.4, -0.2) is 28.6 Å². The molecule has 1 aromatic heterocycles. The van der Waals surface area contributed by atoms with E-state index in [4.69, 9.17) is 9.84 Å². The number of aromatic nitrogens is 1. The van der Waals surface area contributed by atoms with Crippen molar-refractivity contribution in [1.82, 2.24) is 4.98 Å². The number of amides is 1. The van der Waals surface area contributed by atoms with Gasteiger partial charge in [0.1, 0.15) is 17.5 Å². The van der Waals surface area contributed by atoms with Crippen LogP contribution in [0.5, 0.6) is 0 Å². The zero-order valence-corrected chi connectivity index (χ0v) is 22.1. The number of thiazole rings is 1. The van der Waals surface area contributed by atoms with E-state index < -0.39 is 34.9 Å². The van der Waals surface area contributed by atoms with Crippen LogP contribution in [0.2, 0.25) is 0 Å². The highest BCUT2D eigenvalue weighted by Crippen LogP contribution is 2.33. The lowest BCUT2D eigenvalue weighted by molar-refractivity contribution is -0.132. The predicted octanol–water partition coefficient (Wildman–Crippen LogP) is 7.63. The van der Waals surface area contributed by atoms with E-state index in [2.05, 4.69) is 17.2 Å². The van der Waals surface area contributed by atoms with Gasteiger partial charge < -0.3 is 9.84 Å². The molecule has 0 radical (unpaired) electrons. The lowest BCUT2D eigenvalue weighted by atomic mass is 10.0. The maximum absolute atomic E-state index is 15.5. The fourth-order valence-corrected chi connectivity index (χ4v) is 4.42. The van der Waals surface area contributed by atoms with Gasteiger partial charge in [0.15, 0.2) is 5.13 Å². The zero-order valence-electron chi connectivity index (χ0n) is 21.3. The average Bonchev–Trinajstić information content (AvgIpc) is 3.33. The van der Waals surface area contributed by atoms with Crippen molar-refractivity contribution >= 4 is 34.4 Å². The Morgan fingerprint density at radius 3 is 2.50 bits per heavy atom. The van der Waals surface area contributed by atoms with Gasteiger partial charge >= 0.3 is 5.97 Å². The van der Waals surface area contributed by atoms with E-state index in [0.717, 1.165) is 48.8 Å². The third kappa shape index (κ3) is 7.08. The maximum Gasteiger partial charge on any atom is 0.331 e. The van der Waals surface area contributed by atoms with Crippen molar-refractivity contribution in [2.75, 3.05) is 11.9 Å². The van der Waals surface area contributed by atoms with Gasteiger partial charge in [-0.1, -0.05) is 38.8 Å². The molecule has 0 aliphatic carbocycles. The van der Waals surface area contributed by atoms with Crippen LogP contribution in [0.4, 0.5) is 18.3 Å². The van der Waals surface area contributed by atoms with Crippen LogP contribution in [-0.2, 0) is 9.53 Å². The molecule has 0 fully saturated rings. The Morgan fingerprint density at radius 2 is 1.87 bits per heavy atom. The van der Waals surface area contributed by atoms with Gasteiger partial charge in [-0.2, -0.15) is 0 Å². The molecule has 3 aromatic rings. The lowest BCUT2D eigenvalue weighted by Gasteiger charge is -2.19. The maximum atomic E-state index is 15.5. The summed E-state index contributed by atoms with van der Waals surface area (Å²) in [4.78, 5) is 27.9. The van der Waals surface area contributed by atoms with E-state index in [0.29, 0.717) is 24.3 Å². The smallest absolute Gasteiger partial charge is 0.331 e. The molecule has 3 rings (SSSR count). The predicted molar refractivity (Wildman–Crippen MR) is 142 cm³/mol. The molecule has 38 heavy (non-hydrogen) atoms. The van der Waals surface area contributed by atoms with Crippen LogP contribution in [0.1, 0.15) is 74.0 Å². The number of nitrogens with zero attached hydrogens (tertiary/aromatic N) is 1. The number of unbranched alkanes of at least 4 members (excludes halogenated alkanes) is 1. The van der Waals surface area contributed by atoms with Crippen LogP contribution < -0.4 is 5.32 Å². The quantitative estimate of drug-likeness (QED) is 0.180. The number of rotatable bonds is 12. The number of hydrogen-bond donors (Lipinski definition) is 2. The summed E-state index contributed by atoms with van der Waals surface area (Å²) in [7, 11) is 0. The Morgan fingerprint density at radius 1 is 1.16 bits per heavy atom. The Labute approximate surface area is 223 Å². The first kappa shape index (κ1) is 29.1. The second-order valence-electron chi connectivity index (χ2n) is 8.69. The lowest BCUT2D eigenvalue weighted by Crippen LogP contribution is -2.13. The molecular weight excluding hydrogens is 517 g/mol. The summed E-state index contributed by atoms with van der Waals surface area (Å²) in [6.45, 7) is 5.80. The number of nitrogens with one attached hydrogen (secondary N) is 1. The molecule has 0 saturated carbocycles. The molecule has 6 nitrogen and oxygen atoms in total. The molecule has 0 aliphatic heterocycles. The average molecular weight is 547 g/mol. The van der Waals surface area contributed by atoms with Crippen molar-refractivity contribution in [3.8, 4) is 11.3 Å². The number of benzene rings is 2. The van der Waals surface area contributed by atoms with Crippen molar-refractivity contribution in [2.24, 2.45) is 0 Å². The van der Waals surface area contributed by atoms with Crippen molar-refractivity contribution in [2.45, 2.75) is 52.6 Å². The van der Waals surface area contributed by atoms with Gasteiger partial charge in [0.25, 0.3) is 5.91 Å². The topological polar surface area (TPSA) is 88.5 Å². The van der Waals surface area contributed by atoms with Crippen LogP contribution in [0.25, 0.3) is 17.3 Å². The van der Waals surface area contributed by atoms with Gasteiger partial charge in [-0.3, -0.25) is 10.1 Å². The second kappa shape index (κ2) is 13.3. The van der Waals surface area contributed by atoms with Crippen LogP contribution in [0.3, 0.4) is 0 Å². The highest BCUT2D eigenvalue weighted by atomic mass is 32.1. The highest BCUT2D eigenvalue weighted by Gasteiger charge is 2.21. The number of carboxylic acids is 1. The first-order chi connectivity index (χ1) is 18.2. The normalized spacial score (nSPS) is 12.4. The van der Waals surface area contributed by atoms with Crippen molar-refractivity contribution in [3.63, 3.8) is 0 Å². The fraction of sp³-hybridized carbons (Fsp3) is 0.321.